The zero-order chi connectivity index (χ0) is 13.1. The molecular formula is C14H22O4. The van der Waals surface area contributed by atoms with E-state index in [2.05, 4.69) is 12.2 Å². The van der Waals surface area contributed by atoms with E-state index in [9.17, 15) is 4.79 Å². The van der Waals surface area contributed by atoms with Crippen LogP contribution >= 0.6 is 0 Å². The quantitative estimate of drug-likeness (QED) is 0.415. The van der Waals surface area contributed by atoms with Gasteiger partial charge in [0.25, 0.3) is 0 Å². The van der Waals surface area contributed by atoms with Crippen molar-refractivity contribution in [3.63, 3.8) is 0 Å². The van der Waals surface area contributed by atoms with Crippen molar-refractivity contribution in [2.75, 3.05) is 6.61 Å². The third kappa shape index (κ3) is 3.12. The maximum atomic E-state index is 12.1. The number of allylic oxidation sites excluding steroid dienone is 2. The molecule has 4 unspecified atom stereocenters. The first kappa shape index (κ1) is 13.6. The first-order valence-corrected chi connectivity index (χ1v) is 6.76. The molecule has 1 saturated carbocycles. The minimum absolute atomic E-state index is 0.0151. The van der Waals surface area contributed by atoms with E-state index in [0.717, 1.165) is 12.8 Å². The average Bonchev–Trinajstić information content (AvgIpc) is 2.89. The van der Waals surface area contributed by atoms with E-state index in [-0.39, 0.29) is 18.0 Å². The molecule has 0 saturated heterocycles. The summed E-state index contributed by atoms with van der Waals surface area (Å²) in [5.41, 5.74) is 0. The Morgan fingerprint density at radius 1 is 1.33 bits per heavy atom. The SMILES string of the molecule is CCOC(OC(=O)C1CC2C=CC1C2)OC(C)C. The first-order valence-electron chi connectivity index (χ1n) is 6.76. The molecule has 2 aliphatic rings. The molecule has 0 radical (unpaired) electrons. The van der Waals surface area contributed by atoms with Gasteiger partial charge in [-0.1, -0.05) is 12.2 Å². The molecule has 0 amide bonds. The Bertz CT molecular complexity index is 324. The highest BCUT2D eigenvalue weighted by Gasteiger charge is 2.41. The maximum absolute atomic E-state index is 12.1. The molecule has 4 heteroatoms. The van der Waals surface area contributed by atoms with Gasteiger partial charge in [0.05, 0.1) is 18.6 Å². The van der Waals surface area contributed by atoms with E-state index in [1.807, 2.05) is 20.8 Å². The van der Waals surface area contributed by atoms with Gasteiger partial charge in [0.2, 0.25) is 0 Å². The fraction of sp³-hybridized carbons (Fsp3) is 0.786. The van der Waals surface area contributed by atoms with Gasteiger partial charge in [-0.3, -0.25) is 4.79 Å². The molecule has 102 valence electrons. The summed E-state index contributed by atoms with van der Waals surface area (Å²) in [7, 11) is 0. The Hall–Kier alpha value is -0.870. The molecule has 0 spiro atoms. The van der Waals surface area contributed by atoms with E-state index in [1.165, 1.54) is 0 Å². The standard InChI is InChI=1S/C14H22O4/c1-4-16-14(17-9(2)3)18-13(15)12-8-10-5-6-11(12)7-10/h5-6,9-12,14H,4,7-8H2,1-3H3. The zero-order valence-corrected chi connectivity index (χ0v) is 11.3. The lowest BCUT2D eigenvalue weighted by molar-refractivity contribution is -0.287. The molecule has 0 aromatic carbocycles. The Kier molecular flexibility index (Phi) is 4.40. The van der Waals surface area contributed by atoms with Gasteiger partial charge in [-0.05, 0) is 45.4 Å². The fourth-order valence-electron chi connectivity index (χ4n) is 2.69. The number of hydrogen-bond donors (Lipinski definition) is 0. The molecule has 2 aliphatic carbocycles. The summed E-state index contributed by atoms with van der Waals surface area (Å²) in [6.07, 6.45) is 6.30. The van der Waals surface area contributed by atoms with Crippen LogP contribution in [0.3, 0.4) is 0 Å². The van der Waals surface area contributed by atoms with Gasteiger partial charge < -0.3 is 14.2 Å². The summed E-state index contributed by atoms with van der Waals surface area (Å²) in [6, 6.07) is 0. The average molecular weight is 254 g/mol. The smallest absolute Gasteiger partial charge is 0.318 e. The van der Waals surface area contributed by atoms with Crippen LogP contribution < -0.4 is 0 Å². The highest BCUT2D eigenvalue weighted by Crippen LogP contribution is 2.44. The van der Waals surface area contributed by atoms with Crippen molar-refractivity contribution < 1.29 is 19.0 Å². The Balaban J connectivity index is 1.86. The van der Waals surface area contributed by atoms with Crippen molar-refractivity contribution >= 4 is 5.97 Å². The molecule has 4 atom stereocenters. The lowest BCUT2D eigenvalue weighted by Crippen LogP contribution is -2.31. The van der Waals surface area contributed by atoms with Crippen LogP contribution in [0.15, 0.2) is 12.2 Å². The Morgan fingerprint density at radius 3 is 2.61 bits per heavy atom. The van der Waals surface area contributed by atoms with Crippen LogP contribution in [-0.4, -0.2) is 25.2 Å². The molecular weight excluding hydrogens is 232 g/mol. The number of fused-ring (bicyclic) bond motifs is 2. The van der Waals surface area contributed by atoms with E-state index in [1.54, 1.807) is 0 Å². The number of carbonyl (C=O) groups excluding carboxylic acids is 1. The number of ether oxygens (including phenoxy) is 3. The molecule has 0 aliphatic heterocycles. The monoisotopic (exact) mass is 254 g/mol. The molecule has 4 nitrogen and oxygen atoms in total. The van der Waals surface area contributed by atoms with Gasteiger partial charge >= 0.3 is 12.4 Å². The summed E-state index contributed by atoms with van der Waals surface area (Å²) >= 11 is 0. The van der Waals surface area contributed by atoms with E-state index in [4.69, 9.17) is 14.2 Å². The van der Waals surface area contributed by atoms with Gasteiger partial charge in [-0.25, -0.2) is 0 Å². The van der Waals surface area contributed by atoms with Crippen LogP contribution in [0.25, 0.3) is 0 Å². The second kappa shape index (κ2) is 5.85. The molecule has 2 rings (SSSR count). The summed E-state index contributed by atoms with van der Waals surface area (Å²) in [4.78, 5) is 12.1. The van der Waals surface area contributed by atoms with E-state index in [0.29, 0.717) is 18.4 Å². The van der Waals surface area contributed by atoms with Gasteiger partial charge in [-0.2, -0.15) is 0 Å². The summed E-state index contributed by atoms with van der Waals surface area (Å²) in [5.74, 6) is 0.706. The highest BCUT2D eigenvalue weighted by atomic mass is 16.9. The van der Waals surface area contributed by atoms with Crippen molar-refractivity contribution in [2.24, 2.45) is 17.8 Å². The van der Waals surface area contributed by atoms with Crippen molar-refractivity contribution in [1.29, 1.82) is 0 Å². The van der Waals surface area contributed by atoms with Gasteiger partial charge in [0.1, 0.15) is 0 Å². The third-order valence-corrected chi connectivity index (χ3v) is 3.48. The molecule has 18 heavy (non-hydrogen) atoms. The van der Waals surface area contributed by atoms with Crippen molar-refractivity contribution in [3.05, 3.63) is 12.2 Å². The molecule has 2 bridgehead atoms. The molecule has 0 aromatic heterocycles. The second-order valence-electron chi connectivity index (χ2n) is 5.25. The minimum atomic E-state index is -0.870. The molecule has 0 aromatic rings. The lowest BCUT2D eigenvalue weighted by Gasteiger charge is -2.23. The Labute approximate surface area is 108 Å². The van der Waals surface area contributed by atoms with Crippen LogP contribution in [0.2, 0.25) is 0 Å². The number of esters is 1. The first-order chi connectivity index (χ1) is 8.60. The van der Waals surface area contributed by atoms with Crippen LogP contribution in [0.4, 0.5) is 0 Å². The largest absolute Gasteiger partial charge is 0.410 e. The predicted molar refractivity (Wildman–Crippen MR) is 66.6 cm³/mol. The predicted octanol–water partition coefficient (Wildman–Crippen LogP) is 2.49. The maximum Gasteiger partial charge on any atom is 0.318 e. The van der Waals surface area contributed by atoms with Gasteiger partial charge in [0.15, 0.2) is 0 Å². The topological polar surface area (TPSA) is 44.8 Å². The number of hydrogen-bond acceptors (Lipinski definition) is 4. The summed E-state index contributed by atoms with van der Waals surface area (Å²) in [5, 5.41) is 0. The van der Waals surface area contributed by atoms with Crippen molar-refractivity contribution in [1.82, 2.24) is 0 Å². The Morgan fingerprint density at radius 2 is 2.11 bits per heavy atom. The van der Waals surface area contributed by atoms with E-state index < -0.39 is 6.48 Å². The highest BCUT2D eigenvalue weighted by molar-refractivity contribution is 5.74. The third-order valence-electron chi connectivity index (χ3n) is 3.48. The normalized spacial score (nSPS) is 31.0. The van der Waals surface area contributed by atoms with Crippen molar-refractivity contribution in [2.45, 2.75) is 46.2 Å². The zero-order valence-electron chi connectivity index (χ0n) is 11.3. The molecule has 0 heterocycles. The summed E-state index contributed by atoms with van der Waals surface area (Å²) < 4.78 is 16.0. The lowest BCUT2D eigenvalue weighted by atomic mass is 9.94. The van der Waals surface area contributed by atoms with Crippen LogP contribution in [0.1, 0.15) is 33.6 Å². The van der Waals surface area contributed by atoms with Crippen LogP contribution in [0, 0.1) is 17.8 Å². The van der Waals surface area contributed by atoms with E-state index >= 15 is 0 Å². The minimum Gasteiger partial charge on any atom is -0.410 e. The molecule has 0 N–H and O–H groups in total. The van der Waals surface area contributed by atoms with Crippen LogP contribution in [-0.2, 0) is 19.0 Å². The fourth-order valence-corrected chi connectivity index (χ4v) is 2.69. The summed E-state index contributed by atoms with van der Waals surface area (Å²) in [6.45, 7) is 5.22. The van der Waals surface area contributed by atoms with Gasteiger partial charge in [0, 0.05) is 0 Å². The van der Waals surface area contributed by atoms with Crippen molar-refractivity contribution in [3.8, 4) is 0 Å². The second-order valence-corrected chi connectivity index (χ2v) is 5.25. The molecule has 1 fully saturated rings. The number of rotatable bonds is 6. The van der Waals surface area contributed by atoms with Gasteiger partial charge in [-0.15, -0.1) is 0 Å². The number of carbonyl (C=O) groups is 1. The van der Waals surface area contributed by atoms with Crippen LogP contribution in [0.5, 0.6) is 0 Å².